The highest BCUT2D eigenvalue weighted by molar-refractivity contribution is 5.85. The predicted molar refractivity (Wildman–Crippen MR) is 110 cm³/mol. The number of amides is 1. The van der Waals surface area contributed by atoms with Crippen molar-refractivity contribution in [1.82, 2.24) is 15.5 Å². The van der Waals surface area contributed by atoms with Crippen molar-refractivity contribution in [3.05, 3.63) is 29.3 Å². The number of benzene rings is 1. The lowest BCUT2D eigenvalue weighted by Gasteiger charge is -2.31. The van der Waals surface area contributed by atoms with Crippen LogP contribution in [-0.4, -0.2) is 50.6 Å². The molecule has 29 heavy (non-hydrogen) atoms. The van der Waals surface area contributed by atoms with E-state index in [4.69, 9.17) is 0 Å². The lowest BCUT2D eigenvalue weighted by atomic mass is 9.84. The number of halogens is 2. The number of hydrogen-bond donors (Lipinski definition) is 2. The van der Waals surface area contributed by atoms with Crippen LogP contribution >= 0.6 is 0 Å². The Morgan fingerprint density at radius 2 is 1.97 bits per heavy atom. The topological polar surface area (TPSA) is 66.0 Å². The fourth-order valence-corrected chi connectivity index (χ4v) is 3.79. The normalized spacial score (nSPS) is 16.0. The fourth-order valence-electron chi connectivity index (χ4n) is 3.79. The van der Waals surface area contributed by atoms with E-state index in [1.54, 1.807) is 31.1 Å². The third-order valence-electron chi connectivity index (χ3n) is 5.20. The van der Waals surface area contributed by atoms with Crippen LogP contribution in [0.2, 0.25) is 0 Å². The molecule has 162 valence electrons. The Hall–Kier alpha value is -2.38. The minimum absolute atomic E-state index is 0.125. The van der Waals surface area contributed by atoms with Gasteiger partial charge < -0.3 is 20.3 Å². The molecule has 2 rings (SSSR count). The average Bonchev–Trinajstić information content (AvgIpc) is 3.15. The second-order valence-corrected chi connectivity index (χ2v) is 7.73. The minimum atomic E-state index is -2.88. The van der Waals surface area contributed by atoms with Crippen LogP contribution in [0.5, 0.6) is 5.75 Å². The Labute approximate surface area is 171 Å². The van der Waals surface area contributed by atoms with Crippen LogP contribution in [0.1, 0.15) is 43.7 Å². The number of nitrogens with zero attached hydrogens (tertiary/aromatic N) is 2. The Bertz CT molecular complexity index is 717. The molecule has 1 aliphatic rings. The fraction of sp³-hybridized carbons (Fsp3) is 0.619. The van der Waals surface area contributed by atoms with Gasteiger partial charge in [0.15, 0.2) is 5.96 Å². The van der Waals surface area contributed by atoms with E-state index >= 15 is 0 Å². The highest BCUT2D eigenvalue weighted by Crippen LogP contribution is 2.38. The molecule has 1 aromatic carbocycles. The van der Waals surface area contributed by atoms with Crippen molar-refractivity contribution in [2.45, 2.75) is 52.7 Å². The van der Waals surface area contributed by atoms with Gasteiger partial charge in [-0.15, -0.1) is 0 Å². The molecule has 1 fully saturated rings. The van der Waals surface area contributed by atoms with Crippen molar-refractivity contribution < 1.29 is 18.3 Å². The van der Waals surface area contributed by atoms with Gasteiger partial charge in [-0.2, -0.15) is 8.78 Å². The number of guanidine groups is 1. The smallest absolute Gasteiger partial charge is 0.387 e. The van der Waals surface area contributed by atoms with E-state index in [9.17, 15) is 13.6 Å². The molecule has 6 nitrogen and oxygen atoms in total. The molecular weight excluding hydrogens is 378 g/mol. The number of alkyl halides is 2. The molecule has 0 atom stereocenters. The zero-order chi connectivity index (χ0) is 21.4. The molecule has 1 aliphatic carbocycles. The summed E-state index contributed by atoms with van der Waals surface area (Å²) in [7, 11) is 3.56. The first kappa shape index (κ1) is 22.9. The molecule has 1 saturated carbocycles. The monoisotopic (exact) mass is 410 g/mol. The third kappa shape index (κ3) is 6.30. The maximum atomic E-state index is 12.7. The second kappa shape index (κ2) is 10.4. The molecular formula is C21H32F2N4O2. The molecule has 0 spiro atoms. The molecule has 0 heterocycles. The van der Waals surface area contributed by atoms with Crippen LogP contribution in [0.4, 0.5) is 8.78 Å². The standard InChI is InChI=1S/C21H32F2N4O2/c1-5-24-20(26-14-21(10-6-7-11-21)18(28)27(3)4)25-13-16-12-15(2)8-9-17(16)29-19(22)23/h8-9,12,19H,5-7,10-11,13-14H2,1-4H3,(H2,24,25,26). The summed E-state index contributed by atoms with van der Waals surface area (Å²) in [5.41, 5.74) is 1.10. The highest BCUT2D eigenvalue weighted by Gasteiger charge is 2.42. The van der Waals surface area contributed by atoms with E-state index in [-0.39, 0.29) is 18.2 Å². The lowest BCUT2D eigenvalue weighted by molar-refractivity contribution is -0.138. The summed E-state index contributed by atoms with van der Waals surface area (Å²) in [6.45, 7) is 2.28. The maximum Gasteiger partial charge on any atom is 0.387 e. The van der Waals surface area contributed by atoms with Crippen molar-refractivity contribution in [3.8, 4) is 5.75 Å². The number of ether oxygens (including phenoxy) is 1. The van der Waals surface area contributed by atoms with E-state index in [1.165, 1.54) is 6.07 Å². The van der Waals surface area contributed by atoms with Crippen LogP contribution in [0.3, 0.4) is 0 Å². The van der Waals surface area contributed by atoms with Crippen molar-refractivity contribution in [3.63, 3.8) is 0 Å². The van der Waals surface area contributed by atoms with Gasteiger partial charge in [0.05, 0.1) is 12.0 Å². The van der Waals surface area contributed by atoms with Crippen LogP contribution < -0.4 is 15.4 Å². The average molecular weight is 411 g/mol. The number of carbonyl (C=O) groups is 1. The lowest BCUT2D eigenvalue weighted by Crippen LogP contribution is -2.49. The summed E-state index contributed by atoms with van der Waals surface area (Å²) in [4.78, 5) is 18.9. The minimum Gasteiger partial charge on any atom is -0.434 e. The quantitative estimate of drug-likeness (QED) is 0.510. The van der Waals surface area contributed by atoms with Crippen LogP contribution in [0.25, 0.3) is 0 Å². The summed E-state index contributed by atoms with van der Waals surface area (Å²) in [6.07, 6.45) is 3.76. The van der Waals surface area contributed by atoms with Gasteiger partial charge in [0.1, 0.15) is 5.75 Å². The summed E-state index contributed by atoms with van der Waals surface area (Å²) < 4.78 is 30.0. The van der Waals surface area contributed by atoms with Gasteiger partial charge in [-0.3, -0.25) is 4.79 Å². The van der Waals surface area contributed by atoms with Crippen molar-refractivity contribution in [1.29, 1.82) is 0 Å². The first-order valence-electron chi connectivity index (χ1n) is 10.1. The number of hydrogen-bond acceptors (Lipinski definition) is 3. The first-order chi connectivity index (χ1) is 13.8. The zero-order valence-electron chi connectivity index (χ0n) is 17.7. The highest BCUT2D eigenvalue weighted by atomic mass is 19.3. The van der Waals surface area contributed by atoms with E-state index in [2.05, 4.69) is 20.4 Å². The van der Waals surface area contributed by atoms with Crippen molar-refractivity contribution in [2.75, 3.05) is 27.2 Å². The third-order valence-corrected chi connectivity index (χ3v) is 5.20. The molecule has 1 amide bonds. The summed E-state index contributed by atoms with van der Waals surface area (Å²) in [6, 6.07) is 5.06. The van der Waals surface area contributed by atoms with Crippen LogP contribution in [0, 0.1) is 12.3 Å². The molecule has 8 heteroatoms. The van der Waals surface area contributed by atoms with Crippen molar-refractivity contribution >= 4 is 11.9 Å². The van der Waals surface area contributed by atoms with Crippen molar-refractivity contribution in [2.24, 2.45) is 10.4 Å². The second-order valence-electron chi connectivity index (χ2n) is 7.73. The van der Waals surface area contributed by atoms with Gasteiger partial charge in [-0.25, -0.2) is 4.99 Å². The molecule has 0 saturated heterocycles. The number of aryl methyl sites for hydroxylation is 1. The first-order valence-corrected chi connectivity index (χ1v) is 10.1. The van der Waals surface area contributed by atoms with E-state index in [1.807, 2.05) is 13.8 Å². The molecule has 0 radical (unpaired) electrons. The van der Waals surface area contributed by atoms with Gasteiger partial charge in [-0.1, -0.05) is 30.5 Å². The molecule has 0 aliphatic heterocycles. The largest absolute Gasteiger partial charge is 0.434 e. The van der Waals surface area contributed by atoms with Crippen LogP contribution in [0.15, 0.2) is 23.2 Å². The Morgan fingerprint density at radius 1 is 1.28 bits per heavy atom. The number of carbonyl (C=O) groups excluding carboxylic acids is 1. The SMILES string of the molecule is CCNC(=NCc1cc(C)ccc1OC(F)F)NCC1(C(=O)N(C)C)CCCC1. The number of aliphatic imine (C=N–C) groups is 1. The van der Waals surface area contributed by atoms with E-state index < -0.39 is 12.0 Å². The Balaban J connectivity index is 2.14. The van der Waals surface area contributed by atoms with Gasteiger partial charge in [-0.05, 0) is 32.8 Å². The Kier molecular flexibility index (Phi) is 8.22. The van der Waals surface area contributed by atoms with Crippen LogP contribution in [-0.2, 0) is 11.3 Å². The molecule has 1 aromatic rings. The summed E-state index contributed by atoms with van der Waals surface area (Å²) in [5.74, 6) is 0.805. The molecule has 0 unspecified atom stereocenters. The Morgan fingerprint density at radius 3 is 2.55 bits per heavy atom. The van der Waals surface area contributed by atoms with Gasteiger partial charge >= 0.3 is 6.61 Å². The maximum absolute atomic E-state index is 12.7. The van der Waals surface area contributed by atoms with Gasteiger partial charge in [0, 0.05) is 32.7 Å². The predicted octanol–water partition coefficient (Wildman–Crippen LogP) is 3.30. The summed E-state index contributed by atoms with van der Waals surface area (Å²) in [5, 5.41) is 6.45. The molecule has 0 bridgehead atoms. The zero-order valence-corrected chi connectivity index (χ0v) is 17.7. The van der Waals surface area contributed by atoms with E-state index in [0.717, 1.165) is 31.2 Å². The van der Waals surface area contributed by atoms with Gasteiger partial charge in [0.25, 0.3) is 0 Å². The van der Waals surface area contributed by atoms with Gasteiger partial charge in [0.2, 0.25) is 5.91 Å². The number of rotatable bonds is 8. The summed E-state index contributed by atoms with van der Waals surface area (Å²) >= 11 is 0. The molecule has 2 N–H and O–H groups in total. The number of nitrogens with one attached hydrogen (secondary N) is 2. The van der Waals surface area contributed by atoms with E-state index in [0.29, 0.717) is 24.6 Å². The molecule has 0 aromatic heterocycles.